The van der Waals surface area contributed by atoms with Crippen molar-refractivity contribution in [1.82, 2.24) is 4.72 Å². The van der Waals surface area contributed by atoms with Gasteiger partial charge in [0.1, 0.15) is 5.75 Å². The van der Waals surface area contributed by atoms with Gasteiger partial charge in [0.05, 0.1) is 21.8 Å². The Morgan fingerprint density at radius 1 is 0.976 bits per heavy atom. The van der Waals surface area contributed by atoms with E-state index in [2.05, 4.69) is 14.9 Å². The first kappa shape index (κ1) is 28.0. The maximum absolute atomic E-state index is 13.8. The van der Waals surface area contributed by atoms with Gasteiger partial charge in [-0.15, -0.1) is 0 Å². The Labute approximate surface area is 242 Å². The fourth-order valence-electron chi connectivity index (χ4n) is 6.50. The highest BCUT2D eigenvalue weighted by Gasteiger charge is 2.45. The third-order valence-electron chi connectivity index (χ3n) is 8.87. The van der Waals surface area contributed by atoms with E-state index in [-0.39, 0.29) is 29.4 Å². The van der Waals surface area contributed by atoms with Crippen LogP contribution in [0.1, 0.15) is 82.5 Å². The number of carbonyl (C=O) groups excluding carboxylic acids is 2. The van der Waals surface area contributed by atoms with Gasteiger partial charge in [-0.2, -0.15) is 0 Å². The molecule has 6 rings (SSSR count). The molecule has 2 amide bonds. The second-order valence-corrected chi connectivity index (χ2v) is 14.8. The molecule has 0 bridgehead atoms. The number of nitrogens with one attached hydrogen (secondary N) is 2. The molecule has 4 aliphatic rings. The molecule has 10 heteroatoms. The Morgan fingerprint density at radius 3 is 2.34 bits per heavy atom. The van der Waals surface area contributed by atoms with E-state index < -0.39 is 15.6 Å². The highest BCUT2D eigenvalue weighted by molar-refractivity contribution is 7.89. The van der Waals surface area contributed by atoms with Gasteiger partial charge in [-0.25, -0.2) is 13.1 Å². The molecule has 2 heterocycles. The predicted octanol–water partition coefficient (Wildman–Crippen LogP) is 5.06. The van der Waals surface area contributed by atoms with Crippen LogP contribution in [0.5, 0.6) is 5.75 Å². The van der Waals surface area contributed by atoms with Gasteiger partial charge in [0.15, 0.2) is 6.61 Å². The van der Waals surface area contributed by atoms with E-state index in [0.29, 0.717) is 33.8 Å². The van der Waals surface area contributed by atoms with Gasteiger partial charge in [0.25, 0.3) is 11.8 Å². The van der Waals surface area contributed by atoms with Crippen molar-refractivity contribution in [2.75, 3.05) is 34.8 Å². The summed E-state index contributed by atoms with van der Waals surface area (Å²) in [6.45, 7) is 7.00. The molecule has 2 aliphatic carbocycles. The monoisotopic (exact) mass is 580 g/mol. The van der Waals surface area contributed by atoms with Gasteiger partial charge in [-0.1, -0.05) is 12.8 Å². The Morgan fingerprint density at radius 2 is 1.68 bits per heavy atom. The van der Waals surface area contributed by atoms with Crippen LogP contribution in [0.15, 0.2) is 41.3 Å². The number of sulfonamides is 1. The van der Waals surface area contributed by atoms with Crippen LogP contribution in [0, 0.1) is 5.41 Å². The van der Waals surface area contributed by atoms with Crippen LogP contribution in [0.3, 0.4) is 0 Å². The molecule has 1 spiro atoms. The van der Waals surface area contributed by atoms with Crippen molar-refractivity contribution in [3.05, 3.63) is 42.0 Å². The topological polar surface area (TPSA) is 108 Å². The number of benzene rings is 2. The predicted molar refractivity (Wildman–Crippen MR) is 159 cm³/mol. The summed E-state index contributed by atoms with van der Waals surface area (Å²) < 4.78 is 34.8. The number of amides is 2. The normalized spacial score (nSPS) is 20.6. The number of rotatable bonds is 6. The lowest BCUT2D eigenvalue weighted by atomic mass is 9.93. The Kier molecular flexibility index (Phi) is 7.05. The standard InChI is InChI=1S/C31H40N4O5S/c1-30(2,3)33-41(38,39)23-9-10-24(25(19-23)34-16-14-31(12-13-31)15-17-34)29(37)32-21-8-11-27-26(18-21)35(28(36)20-40-27)22-6-4-5-7-22/h8-11,18-19,22,33H,4-7,12-17,20H2,1-3H3,(H,32,37). The number of nitrogens with zero attached hydrogens (tertiary/aromatic N) is 2. The van der Waals surface area contributed by atoms with Crippen molar-refractivity contribution >= 4 is 38.9 Å². The molecule has 0 unspecified atom stereocenters. The second-order valence-electron chi connectivity index (χ2n) is 13.1. The van der Waals surface area contributed by atoms with E-state index >= 15 is 0 Å². The summed E-state index contributed by atoms with van der Waals surface area (Å²) in [6, 6.07) is 10.3. The average molecular weight is 581 g/mol. The largest absolute Gasteiger partial charge is 0.482 e. The van der Waals surface area contributed by atoms with Crippen molar-refractivity contribution in [3.63, 3.8) is 0 Å². The molecule has 0 atom stereocenters. The van der Waals surface area contributed by atoms with Crippen molar-refractivity contribution in [1.29, 1.82) is 0 Å². The van der Waals surface area contributed by atoms with E-state index in [1.165, 1.54) is 18.9 Å². The van der Waals surface area contributed by atoms with Crippen LogP contribution in [0.25, 0.3) is 0 Å². The SMILES string of the molecule is CC(C)(C)NS(=O)(=O)c1ccc(C(=O)Nc2ccc3c(c2)N(C2CCCC2)C(=O)CO3)c(N2CCC3(CC2)CC3)c1. The molecule has 220 valence electrons. The van der Waals surface area contributed by atoms with Crippen molar-refractivity contribution in [2.24, 2.45) is 5.41 Å². The summed E-state index contributed by atoms with van der Waals surface area (Å²) in [4.78, 5) is 30.7. The summed E-state index contributed by atoms with van der Waals surface area (Å²) in [5, 5.41) is 3.01. The molecule has 2 saturated carbocycles. The van der Waals surface area contributed by atoms with Crippen LogP contribution in [0.4, 0.5) is 17.1 Å². The fraction of sp³-hybridized carbons (Fsp3) is 0.548. The lowest BCUT2D eigenvalue weighted by molar-refractivity contribution is -0.121. The summed E-state index contributed by atoms with van der Waals surface area (Å²) in [6.07, 6.45) is 8.70. The van der Waals surface area contributed by atoms with Gasteiger partial charge < -0.3 is 19.9 Å². The zero-order valence-corrected chi connectivity index (χ0v) is 25.0. The highest BCUT2D eigenvalue weighted by Crippen LogP contribution is 2.54. The fourth-order valence-corrected chi connectivity index (χ4v) is 7.94. The maximum atomic E-state index is 13.8. The first-order chi connectivity index (χ1) is 19.4. The Balaban J connectivity index is 1.30. The summed E-state index contributed by atoms with van der Waals surface area (Å²) >= 11 is 0. The van der Waals surface area contributed by atoms with Crippen molar-refractivity contribution in [3.8, 4) is 5.75 Å². The Bertz CT molecular complexity index is 1460. The van der Waals surface area contributed by atoms with E-state index in [0.717, 1.165) is 51.6 Å². The lowest BCUT2D eigenvalue weighted by Crippen LogP contribution is -2.44. The van der Waals surface area contributed by atoms with Crippen LogP contribution < -0.4 is 24.6 Å². The molecule has 3 fully saturated rings. The minimum atomic E-state index is -3.78. The van der Waals surface area contributed by atoms with E-state index in [4.69, 9.17) is 4.74 Å². The number of hydrogen-bond acceptors (Lipinski definition) is 6. The van der Waals surface area contributed by atoms with E-state index in [1.54, 1.807) is 45.0 Å². The smallest absolute Gasteiger partial charge is 0.265 e. The summed E-state index contributed by atoms with van der Waals surface area (Å²) in [7, 11) is -3.78. The minimum Gasteiger partial charge on any atom is -0.482 e. The number of hydrogen-bond donors (Lipinski definition) is 2. The number of fused-ring (bicyclic) bond motifs is 1. The van der Waals surface area contributed by atoms with Gasteiger partial charge in [0.2, 0.25) is 10.0 Å². The summed E-state index contributed by atoms with van der Waals surface area (Å²) in [5.41, 5.74) is 2.09. The zero-order valence-electron chi connectivity index (χ0n) is 24.2. The van der Waals surface area contributed by atoms with Crippen LogP contribution in [-0.2, 0) is 14.8 Å². The minimum absolute atomic E-state index is 0.0228. The number of ether oxygens (including phenoxy) is 1. The second kappa shape index (κ2) is 10.3. The maximum Gasteiger partial charge on any atom is 0.265 e. The van der Waals surface area contributed by atoms with Gasteiger partial charge >= 0.3 is 0 Å². The third-order valence-corrected chi connectivity index (χ3v) is 10.6. The number of piperidine rings is 1. The number of anilines is 3. The molecule has 2 aromatic rings. The van der Waals surface area contributed by atoms with Gasteiger partial charge in [0, 0.05) is 30.4 Å². The quantitative estimate of drug-likeness (QED) is 0.494. The molecule has 2 N–H and O–H groups in total. The number of carbonyl (C=O) groups is 2. The summed E-state index contributed by atoms with van der Waals surface area (Å²) in [5.74, 6) is 0.252. The first-order valence-electron chi connectivity index (χ1n) is 14.8. The van der Waals surface area contributed by atoms with Gasteiger partial charge in [-0.3, -0.25) is 9.59 Å². The van der Waals surface area contributed by atoms with Crippen LogP contribution in [0.2, 0.25) is 0 Å². The first-order valence-corrected chi connectivity index (χ1v) is 16.2. The highest BCUT2D eigenvalue weighted by atomic mass is 32.2. The van der Waals surface area contributed by atoms with Crippen molar-refractivity contribution < 1.29 is 22.7 Å². The zero-order chi connectivity index (χ0) is 29.0. The molecule has 2 aliphatic heterocycles. The van der Waals surface area contributed by atoms with E-state index in [9.17, 15) is 18.0 Å². The van der Waals surface area contributed by atoms with Crippen LogP contribution >= 0.6 is 0 Å². The molecule has 0 aromatic heterocycles. The van der Waals surface area contributed by atoms with E-state index in [1.807, 2.05) is 11.0 Å². The molecular formula is C31H40N4O5S. The Hall–Kier alpha value is -3.11. The molecular weight excluding hydrogens is 540 g/mol. The lowest BCUT2D eigenvalue weighted by Gasteiger charge is -2.35. The molecule has 2 aromatic carbocycles. The van der Waals surface area contributed by atoms with Crippen LogP contribution in [-0.4, -0.2) is 51.5 Å². The molecule has 0 radical (unpaired) electrons. The average Bonchev–Trinajstić information content (AvgIpc) is 3.44. The van der Waals surface area contributed by atoms with Crippen molar-refractivity contribution in [2.45, 2.75) is 88.6 Å². The molecule has 1 saturated heterocycles. The third kappa shape index (κ3) is 5.81. The molecule has 9 nitrogen and oxygen atoms in total. The van der Waals surface area contributed by atoms with Gasteiger partial charge in [-0.05, 0) is 101 Å². The molecule has 41 heavy (non-hydrogen) atoms.